The van der Waals surface area contributed by atoms with Gasteiger partial charge >= 0.3 is 0 Å². The highest BCUT2D eigenvalue weighted by atomic mass is 19.1. The van der Waals surface area contributed by atoms with Crippen LogP contribution >= 0.6 is 0 Å². The Balaban J connectivity index is 1.29. The lowest BCUT2D eigenvalue weighted by Gasteiger charge is -2.18. The van der Waals surface area contributed by atoms with Gasteiger partial charge in [0.1, 0.15) is 5.82 Å². The molecule has 0 unspecified atom stereocenters. The minimum atomic E-state index is -0.327. The van der Waals surface area contributed by atoms with Crippen molar-refractivity contribution in [2.45, 2.75) is 31.7 Å². The zero-order chi connectivity index (χ0) is 24.5. The quantitative estimate of drug-likeness (QED) is 0.349. The predicted octanol–water partition coefficient (Wildman–Crippen LogP) is 5.17. The standard InChI is InChI=1S/C29H28FN3O2/c30-25-15-13-24(14-16-25)27-17-18-29(35)33(32-27)21-7-12-28(34)31-20-19-26(22-8-3-1-4-9-22)23-10-5-2-6-11-23/h1-6,8-11,13-18,26H,7,12,19-21H2,(H,31,34). The van der Waals surface area contributed by atoms with Crippen LogP contribution < -0.4 is 10.9 Å². The minimum absolute atomic E-state index is 0.0485. The number of aryl methyl sites for hydroxylation is 1. The molecule has 0 atom stereocenters. The minimum Gasteiger partial charge on any atom is -0.356 e. The summed E-state index contributed by atoms with van der Waals surface area (Å²) in [6.45, 7) is 0.892. The molecule has 178 valence electrons. The summed E-state index contributed by atoms with van der Waals surface area (Å²) in [5.74, 6) is -0.172. The van der Waals surface area contributed by atoms with E-state index in [2.05, 4.69) is 34.7 Å². The average Bonchev–Trinajstić information content (AvgIpc) is 2.89. The largest absolute Gasteiger partial charge is 0.356 e. The number of benzene rings is 3. The highest BCUT2D eigenvalue weighted by molar-refractivity contribution is 5.75. The van der Waals surface area contributed by atoms with E-state index in [9.17, 15) is 14.0 Å². The second kappa shape index (κ2) is 11.9. The number of aromatic nitrogens is 2. The summed E-state index contributed by atoms with van der Waals surface area (Å²) in [5, 5.41) is 7.39. The van der Waals surface area contributed by atoms with E-state index in [1.54, 1.807) is 18.2 Å². The maximum absolute atomic E-state index is 13.2. The summed E-state index contributed by atoms with van der Waals surface area (Å²) < 4.78 is 14.5. The fourth-order valence-electron chi connectivity index (χ4n) is 4.11. The van der Waals surface area contributed by atoms with Crippen LogP contribution in [0.5, 0.6) is 0 Å². The van der Waals surface area contributed by atoms with Gasteiger partial charge < -0.3 is 5.32 Å². The molecular formula is C29H28FN3O2. The van der Waals surface area contributed by atoms with Crippen molar-refractivity contribution in [3.05, 3.63) is 124 Å². The van der Waals surface area contributed by atoms with Gasteiger partial charge in [-0.2, -0.15) is 5.10 Å². The molecule has 1 heterocycles. The fraction of sp³-hybridized carbons (Fsp3) is 0.207. The second-order valence-corrected chi connectivity index (χ2v) is 8.40. The van der Waals surface area contributed by atoms with E-state index >= 15 is 0 Å². The summed E-state index contributed by atoms with van der Waals surface area (Å²) in [5.41, 5.74) is 3.52. The van der Waals surface area contributed by atoms with Crippen LogP contribution in [-0.2, 0) is 11.3 Å². The van der Waals surface area contributed by atoms with Gasteiger partial charge in [0.05, 0.1) is 5.69 Å². The lowest BCUT2D eigenvalue weighted by molar-refractivity contribution is -0.121. The average molecular weight is 470 g/mol. The van der Waals surface area contributed by atoms with E-state index in [4.69, 9.17) is 0 Å². The van der Waals surface area contributed by atoms with E-state index in [0.717, 1.165) is 12.0 Å². The normalized spacial score (nSPS) is 10.9. The van der Waals surface area contributed by atoms with Crippen molar-refractivity contribution in [2.24, 2.45) is 0 Å². The van der Waals surface area contributed by atoms with Gasteiger partial charge in [-0.3, -0.25) is 9.59 Å². The fourth-order valence-corrected chi connectivity index (χ4v) is 4.11. The third-order valence-corrected chi connectivity index (χ3v) is 5.94. The van der Waals surface area contributed by atoms with Crippen LogP contribution in [0.25, 0.3) is 11.3 Å². The Morgan fingerprint density at radius 1 is 0.857 bits per heavy atom. The Kier molecular flexibility index (Phi) is 8.17. The van der Waals surface area contributed by atoms with Gasteiger partial charge in [-0.1, -0.05) is 60.7 Å². The van der Waals surface area contributed by atoms with E-state index in [0.29, 0.717) is 31.6 Å². The van der Waals surface area contributed by atoms with Gasteiger partial charge in [0, 0.05) is 37.1 Å². The predicted molar refractivity (Wildman–Crippen MR) is 135 cm³/mol. The van der Waals surface area contributed by atoms with Gasteiger partial charge in [0.25, 0.3) is 5.56 Å². The summed E-state index contributed by atoms with van der Waals surface area (Å²) in [6, 6.07) is 29.6. The molecule has 1 N–H and O–H groups in total. The van der Waals surface area contributed by atoms with Crippen molar-refractivity contribution in [1.82, 2.24) is 15.1 Å². The first kappa shape index (κ1) is 24.1. The zero-order valence-electron chi connectivity index (χ0n) is 19.4. The van der Waals surface area contributed by atoms with E-state index in [1.165, 1.54) is 34.0 Å². The van der Waals surface area contributed by atoms with Crippen molar-refractivity contribution < 1.29 is 9.18 Å². The number of hydrogen-bond acceptors (Lipinski definition) is 3. The molecule has 1 amide bonds. The third kappa shape index (κ3) is 6.73. The monoisotopic (exact) mass is 469 g/mol. The van der Waals surface area contributed by atoms with Crippen LogP contribution in [0.15, 0.2) is 102 Å². The van der Waals surface area contributed by atoms with Gasteiger partial charge in [0.2, 0.25) is 5.91 Å². The topological polar surface area (TPSA) is 64.0 Å². The molecule has 4 rings (SSSR count). The molecule has 6 heteroatoms. The van der Waals surface area contributed by atoms with Crippen LogP contribution in [0.3, 0.4) is 0 Å². The van der Waals surface area contributed by atoms with Crippen molar-refractivity contribution in [3.63, 3.8) is 0 Å². The van der Waals surface area contributed by atoms with Crippen molar-refractivity contribution in [2.75, 3.05) is 6.54 Å². The molecule has 0 saturated heterocycles. The summed E-state index contributed by atoms with van der Waals surface area (Å²) in [6.07, 6.45) is 1.59. The summed E-state index contributed by atoms with van der Waals surface area (Å²) >= 11 is 0. The van der Waals surface area contributed by atoms with E-state index < -0.39 is 0 Å². The lowest BCUT2D eigenvalue weighted by Crippen LogP contribution is -2.27. The summed E-state index contributed by atoms with van der Waals surface area (Å²) in [7, 11) is 0. The molecular weight excluding hydrogens is 441 g/mol. The molecule has 0 fully saturated rings. The number of hydrogen-bond donors (Lipinski definition) is 1. The highest BCUT2D eigenvalue weighted by Crippen LogP contribution is 2.27. The van der Waals surface area contributed by atoms with Gasteiger partial charge in [-0.05, 0) is 54.3 Å². The van der Waals surface area contributed by atoms with Gasteiger partial charge in [-0.15, -0.1) is 0 Å². The number of carbonyl (C=O) groups is 1. The molecule has 0 spiro atoms. The maximum atomic E-state index is 13.2. The van der Waals surface area contributed by atoms with Crippen LogP contribution in [0.4, 0.5) is 4.39 Å². The highest BCUT2D eigenvalue weighted by Gasteiger charge is 2.14. The molecule has 5 nitrogen and oxygen atoms in total. The molecule has 0 aliphatic heterocycles. The van der Waals surface area contributed by atoms with Crippen molar-refractivity contribution in [1.29, 1.82) is 0 Å². The number of rotatable bonds is 10. The Labute approximate surface area is 204 Å². The lowest BCUT2D eigenvalue weighted by atomic mass is 9.88. The first-order valence-electron chi connectivity index (χ1n) is 11.8. The van der Waals surface area contributed by atoms with Crippen molar-refractivity contribution >= 4 is 5.91 Å². The molecule has 3 aromatic carbocycles. The first-order valence-corrected chi connectivity index (χ1v) is 11.8. The molecule has 35 heavy (non-hydrogen) atoms. The van der Waals surface area contributed by atoms with E-state index in [1.807, 2.05) is 36.4 Å². The first-order chi connectivity index (χ1) is 17.1. The van der Waals surface area contributed by atoms with Crippen molar-refractivity contribution in [3.8, 4) is 11.3 Å². The smallest absolute Gasteiger partial charge is 0.266 e. The molecule has 1 aromatic heterocycles. The van der Waals surface area contributed by atoms with Gasteiger partial charge in [-0.25, -0.2) is 9.07 Å². The molecule has 4 aromatic rings. The van der Waals surface area contributed by atoms with Crippen LogP contribution in [0.1, 0.15) is 36.3 Å². The number of carbonyl (C=O) groups excluding carboxylic acids is 1. The van der Waals surface area contributed by atoms with E-state index in [-0.39, 0.29) is 23.2 Å². The van der Waals surface area contributed by atoms with Crippen LogP contribution in [-0.4, -0.2) is 22.2 Å². The van der Waals surface area contributed by atoms with Crippen LogP contribution in [0.2, 0.25) is 0 Å². The molecule has 0 aliphatic rings. The Morgan fingerprint density at radius 3 is 2.11 bits per heavy atom. The number of nitrogens with one attached hydrogen (secondary N) is 1. The Morgan fingerprint density at radius 2 is 1.49 bits per heavy atom. The van der Waals surface area contributed by atoms with Crippen LogP contribution in [0, 0.1) is 5.82 Å². The maximum Gasteiger partial charge on any atom is 0.266 e. The number of halogens is 1. The molecule has 0 bridgehead atoms. The second-order valence-electron chi connectivity index (χ2n) is 8.40. The zero-order valence-corrected chi connectivity index (χ0v) is 19.4. The SMILES string of the molecule is O=C(CCCn1nc(-c2ccc(F)cc2)ccc1=O)NCCC(c1ccccc1)c1ccccc1. The van der Waals surface area contributed by atoms with Gasteiger partial charge in [0.15, 0.2) is 0 Å². The number of nitrogens with zero attached hydrogens (tertiary/aromatic N) is 2. The third-order valence-electron chi connectivity index (χ3n) is 5.94. The molecule has 0 aliphatic carbocycles. The summed E-state index contributed by atoms with van der Waals surface area (Å²) in [4.78, 5) is 24.6. The number of amides is 1. The molecule has 0 saturated carbocycles. The molecule has 0 radical (unpaired) electrons. The Bertz CT molecular complexity index is 1250. The Hall–Kier alpha value is -4.06.